The van der Waals surface area contributed by atoms with Crippen LogP contribution >= 0.6 is 0 Å². The summed E-state index contributed by atoms with van der Waals surface area (Å²) in [5, 5.41) is 0. The van der Waals surface area contributed by atoms with Crippen molar-refractivity contribution in [1.82, 2.24) is 4.72 Å². The van der Waals surface area contributed by atoms with Gasteiger partial charge in [-0.05, 0) is 42.9 Å². The molecule has 0 amide bonds. The largest absolute Gasteiger partial charge is 0.399 e. The van der Waals surface area contributed by atoms with Gasteiger partial charge in [-0.25, -0.2) is 17.5 Å². The van der Waals surface area contributed by atoms with Crippen molar-refractivity contribution in [3.63, 3.8) is 0 Å². The van der Waals surface area contributed by atoms with Gasteiger partial charge in [-0.3, -0.25) is 0 Å². The molecule has 0 saturated heterocycles. The molecule has 3 N–H and O–H groups in total. The maximum atomic E-state index is 13.2. The second-order valence-electron chi connectivity index (χ2n) is 6.04. The minimum absolute atomic E-state index is 0.108. The predicted octanol–water partition coefficient (Wildman–Crippen LogP) is 2.90. The van der Waals surface area contributed by atoms with Crippen molar-refractivity contribution in [2.45, 2.75) is 43.9 Å². The molecule has 118 valence electrons. The van der Waals surface area contributed by atoms with E-state index in [4.69, 9.17) is 5.73 Å². The Morgan fingerprint density at radius 3 is 2.76 bits per heavy atom. The molecule has 1 fully saturated rings. The van der Waals surface area contributed by atoms with Crippen LogP contribution in [0.15, 0.2) is 23.1 Å². The van der Waals surface area contributed by atoms with Crippen molar-refractivity contribution in [3.05, 3.63) is 24.0 Å². The van der Waals surface area contributed by atoms with Crippen LogP contribution in [0.2, 0.25) is 0 Å². The van der Waals surface area contributed by atoms with Crippen LogP contribution in [0.3, 0.4) is 0 Å². The minimum atomic E-state index is -3.69. The van der Waals surface area contributed by atoms with Gasteiger partial charge in [-0.1, -0.05) is 26.2 Å². The third-order valence-corrected chi connectivity index (χ3v) is 5.53. The maximum Gasteiger partial charge on any atom is 0.240 e. The maximum absolute atomic E-state index is 13.2. The van der Waals surface area contributed by atoms with Gasteiger partial charge in [0, 0.05) is 12.2 Å². The van der Waals surface area contributed by atoms with E-state index in [1.807, 2.05) is 0 Å². The molecule has 4 nitrogen and oxygen atoms in total. The second kappa shape index (κ2) is 6.75. The molecule has 0 spiro atoms. The molecule has 21 heavy (non-hydrogen) atoms. The number of hydrogen-bond donors (Lipinski definition) is 2. The predicted molar refractivity (Wildman–Crippen MR) is 81.7 cm³/mol. The molecule has 2 atom stereocenters. The summed E-state index contributed by atoms with van der Waals surface area (Å²) in [6.07, 6.45) is 5.64. The van der Waals surface area contributed by atoms with Crippen molar-refractivity contribution >= 4 is 15.7 Å². The Hall–Kier alpha value is -1.14. The fraction of sp³-hybridized carbons (Fsp3) is 0.600. The number of nitrogen functional groups attached to an aromatic ring is 1. The average Bonchev–Trinajstić information content (AvgIpc) is 2.37. The van der Waals surface area contributed by atoms with E-state index in [-0.39, 0.29) is 10.6 Å². The summed E-state index contributed by atoms with van der Waals surface area (Å²) in [4.78, 5) is -0.114. The van der Waals surface area contributed by atoms with Crippen LogP contribution in [0.1, 0.15) is 39.0 Å². The Morgan fingerprint density at radius 2 is 2.10 bits per heavy atom. The van der Waals surface area contributed by atoms with Gasteiger partial charge in [0.05, 0.1) is 4.90 Å². The molecule has 0 aromatic heterocycles. The summed E-state index contributed by atoms with van der Waals surface area (Å²) in [6.45, 7) is 2.63. The standard InChI is InChI=1S/C15H23FN2O2S/c1-11-3-2-4-12(7-11)5-6-18-21(19,20)15-9-13(16)8-14(17)10-15/h8-12,18H,2-7,17H2,1H3. The lowest BCUT2D eigenvalue weighted by atomic mass is 9.81. The lowest BCUT2D eigenvalue weighted by Crippen LogP contribution is -2.27. The summed E-state index contributed by atoms with van der Waals surface area (Å²) in [7, 11) is -3.69. The van der Waals surface area contributed by atoms with Gasteiger partial charge < -0.3 is 5.73 Å². The third kappa shape index (κ3) is 4.68. The highest BCUT2D eigenvalue weighted by molar-refractivity contribution is 7.89. The Bertz CT molecular complexity index is 569. The molecule has 2 unspecified atom stereocenters. The summed E-state index contributed by atoms with van der Waals surface area (Å²) in [5.41, 5.74) is 5.59. The van der Waals surface area contributed by atoms with E-state index in [9.17, 15) is 12.8 Å². The summed E-state index contributed by atoms with van der Waals surface area (Å²) < 4.78 is 40.0. The highest BCUT2D eigenvalue weighted by Gasteiger charge is 2.20. The highest BCUT2D eigenvalue weighted by atomic mass is 32.2. The fourth-order valence-corrected chi connectivity index (χ4v) is 4.15. The SMILES string of the molecule is CC1CCCC(CCNS(=O)(=O)c2cc(N)cc(F)c2)C1. The van der Waals surface area contributed by atoms with Crippen LogP contribution in [0.4, 0.5) is 10.1 Å². The number of halogens is 1. The van der Waals surface area contributed by atoms with Crippen molar-refractivity contribution in [1.29, 1.82) is 0 Å². The van der Waals surface area contributed by atoms with E-state index in [0.29, 0.717) is 12.5 Å². The van der Waals surface area contributed by atoms with Crippen LogP contribution in [0, 0.1) is 17.7 Å². The van der Waals surface area contributed by atoms with Gasteiger partial charge in [0.25, 0.3) is 0 Å². The van der Waals surface area contributed by atoms with Gasteiger partial charge in [-0.15, -0.1) is 0 Å². The first-order valence-electron chi connectivity index (χ1n) is 7.42. The smallest absolute Gasteiger partial charge is 0.240 e. The Morgan fingerprint density at radius 1 is 1.33 bits per heavy atom. The molecule has 2 rings (SSSR count). The summed E-state index contributed by atoms with van der Waals surface area (Å²) in [6, 6.07) is 3.36. The van der Waals surface area contributed by atoms with Crippen LogP contribution in [-0.4, -0.2) is 15.0 Å². The van der Waals surface area contributed by atoms with Crippen LogP contribution < -0.4 is 10.5 Å². The molecular formula is C15H23FN2O2S. The van der Waals surface area contributed by atoms with Crippen LogP contribution in [0.25, 0.3) is 0 Å². The Labute approximate surface area is 126 Å². The van der Waals surface area contributed by atoms with E-state index in [2.05, 4.69) is 11.6 Å². The molecule has 0 radical (unpaired) electrons. The number of nitrogens with one attached hydrogen (secondary N) is 1. The first-order valence-corrected chi connectivity index (χ1v) is 8.91. The molecular weight excluding hydrogens is 291 g/mol. The number of hydrogen-bond acceptors (Lipinski definition) is 3. The van der Waals surface area contributed by atoms with Gasteiger partial charge in [0.2, 0.25) is 10.0 Å². The monoisotopic (exact) mass is 314 g/mol. The van der Waals surface area contributed by atoms with E-state index >= 15 is 0 Å². The molecule has 1 aliphatic rings. The number of sulfonamides is 1. The average molecular weight is 314 g/mol. The molecule has 6 heteroatoms. The molecule has 0 aliphatic heterocycles. The third-order valence-electron chi connectivity index (χ3n) is 4.09. The Kier molecular flexibility index (Phi) is 5.22. The zero-order valence-electron chi connectivity index (χ0n) is 12.3. The molecule has 1 aromatic rings. The normalized spacial score (nSPS) is 23.1. The lowest BCUT2D eigenvalue weighted by Gasteiger charge is -2.26. The molecule has 1 aromatic carbocycles. The quantitative estimate of drug-likeness (QED) is 0.821. The molecule has 1 aliphatic carbocycles. The Balaban J connectivity index is 1.92. The van der Waals surface area contributed by atoms with Crippen LogP contribution in [0.5, 0.6) is 0 Å². The topological polar surface area (TPSA) is 72.2 Å². The highest BCUT2D eigenvalue weighted by Crippen LogP contribution is 2.30. The number of rotatable bonds is 5. The van der Waals surface area contributed by atoms with Crippen molar-refractivity contribution in [2.75, 3.05) is 12.3 Å². The van der Waals surface area contributed by atoms with E-state index in [1.54, 1.807) is 0 Å². The second-order valence-corrected chi connectivity index (χ2v) is 7.81. The minimum Gasteiger partial charge on any atom is -0.399 e. The van der Waals surface area contributed by atoms with Crippen LogP contribution in [-0.2, 0) is 10.0 Å². The molecule has 0 heterocycles. The molecule has 0 bridgehead atoms. The van der Waals surface area contributed by atoms with Gasteiger partial charge >= 0.3 is 0 Å². The summed E-state index contributed by atoms with van der Waals surface area (Å²) in [5.74, 6) is 0.661. The first kappa shape index (κ1) is 16.2. The van der Waals surface area contributed by atoms with Crippen molar-refractivity contribution < 1.29 is 12.8 Å². The van der Waals surface area contributed by atoms with E-state index in [1.165, 1.54) is 25.3 Å². The number of benzene rings is 1. The number of nitrogens with two attached hydrogens (primary N) is 1. The van der Waals surface area contributed by atoms with Crippen molar-refractivity contribution in [3.8, 4) is 0 Å². The van der Waals surface area contributed by atoms with E-state index in [0.717, 1.165) is 30.9 Å². The number of anilines is 1. The zero-order valence-corrected chi connectivity index (χ0v) is 13.1. The van der Waals surface area contributed by atoms with Gasteiger partial charge in [-0.2, -0.15) is 0 Å². The van der Waals surface area contributed by atoms with Gasteiger partial charge in [0.15, 0.2) is 0 Å². The zero-order chi connectivity index (χ0) is 15.5. The van der Waals surface area contributed by atoms with Crippen molar-refractivity contribution in [2.24, 2.45) is 11.8 Å². The fourth-order valence-electron chi connectivity index (χ4n) is 3.04. The lowest BCUT2D eigenvalue weighted by molar-refractivity contribution is 0.271. The summed E-state index contributed by atoms with van der Waals surface area (Å²) >= 11 is 0. The molecule has 1 saturated carbocycles. The van der Waals surface area contributed by atoms with Gasteiger partial charge in [0.1, 0.15) is 5.82 Å². The van der Waals surface area contributed by atoms with E-state index < -0.39 is 15.8 Å². The first-order chi connectivity index (χ1) is 9.87.